The van der Waals surface area contributed by atoms with Crippen molar-refractivity contribution in [3.8, 4) is 0 Å². The van der Waals surface area contributed by atoms with Crippen molar-refractivity contribution < 1.29 is 14.7 Å². The Morgan fingerprint density at radius 3 is 2.35 bits per heavy atom. The van der Waals surface area contributed by atoms with Crippen LogP contribution in [0, 0.1) is 0 Å². The molecule has 1 unspecified atom stereocenters. The van der Waals surface area contributed by atoms with Gasteiger partial charge in [0.25, 0.3) is 0 Å². The lowest BCUT2D eigenvalue weighted by atomic mass is 10.1. The number of carbonyl (C=O) groups excluding carboxylic acids is 1. The van der Waals surface area contributed by atoms with Crippen LogP contribution in [-0.4, -0.2) is 58.6 Å². The monoisotopic (exact) mass is 241 g/mol. The Morgan fingerprint density at radius 1 is 1.18 bits per heavy atom. The van der Waals surface area contributed by atoms with Crippen LogP contribution >= 0.6 is 0 Å². The van der Waals surface area contributed by atoms with Gasteiger partial charge in [0, 0.05) is 25.7 Å². The number of primary amides is 1. The highest BCUT2D eigenvalue weighted by atomic mass is 16.4. The highest BCUT2D eigenvalue weighted by molar-refractivity contribution is 5.77. The molecule has 2 amide bonds. The standard InChI is InChI=1S/C11H19N3O3/c12-11(17)13-5-6-14(8-3-1-2-4-8)9(7-13)10(15)16/h8-9H,1-7H2,(H2,12,17)(H,15,16). The molecule has 2 fully saturated rings. The summed E-state index contributed by atoms with van der Waals surface area (Å²) in [6, 6.07) is -0.757. The van der Waals surface area contributed by atoms with Crippen molar-refractivity contribution in [2.75, 3.05) is 19.6 Å². The van der Waals surface area contributed by atoms with Crippen LogP contribution < -0.4 is 5.73 Å². The molecular weight excluding hydrogens is 222 g/mol. The fraction of sp³-hybridized carbons (Fsp3) is 0.818. The second-order valence-corrected chi connectivity index (χ2v) is 4.81. The summed E-state index contributed by atoms with van der Waals surface area (Å²) in [6.45, 7) is 1.36. The van der Waals surface area contributed by atoms with Gasteiger partial charge < -0.3 is 15.7 Å². The molecular formula is C11H19N3O3. The van der Waals surface area contributed by atoms with Crippen LogP contribution in [0.3, 0.4) is 0 Å². The number of carboxylic acid groups (broad SMARTS) is 1. The average Bonchev–Trinajstić information content (AvgIpc) is 2.81. The third kappa shape index (κ3) is 2.52. The van der Waals surface area contributed by atoms with Gasteiger partial charge in [-0.25, -0.2) is 4.79 Å². The highest BCUT2D eigenvalue weighted by Gasteiger charge is 2.38. The molecule has 1 saturated heterocycles. The Bertz CT molecular complexity index is 315. The zero-order valence-electron chi connectivity index (χ0n) is 9.84. The second kappa shape index (κ2) is 4.91. The predicted octanol–water partition coefficient (Wildman–Crippen LogP) is 0.0785. The van der Waals surface area contributed by atoms with Crippen LogP contribution in [0.1, 0.15) is 25.7 Å². The van der Waals surface area contributed by atoms with Crippen molar-refractivity contribution in [3.63, 3.8) is 0 Å². The lowest BCUT2D eigenvalue weighted by Gasteiger charge is -2.41. The molecule has 0 aromatic carbocycles. The van der Waals surface area contributed by atoms with E-state index in [4.69, 9.17) is 5.73 Å². The van der Waals surface area contributed by atoms with Gasteiger partial charge in [0.15, 0.2) is 0 Å². The lowest BCUT2D eigenvalue weighted by Crippen LogP contribution is -2.60. The summed E-state index contributed by atoms with van der Waals surface area (Å²) in [6.07, 6.45) is 4.49. The number of nitrogens with two attached hydrogens (primary N) is 1. The van der Waals surface area contributed by atoms with Crippen LogP contribution in [0.4, 0.5) is 4.79 Å². The van der Waals surface area contributed by atoms with E-state index in [1.165, 1.54) is 17.7 Å². The molecule has 1 aliphatic heterocycles. The van der Waals surface area contributed by atoms with E-state index < -0.39 is 18.0 Å². The van der Waals surface area contributed by atoms with E-state index in [2.05, 4.69) is 0 Å². The molecule has 17 heavy (non-hydrogen) atoms. The van der Waals surface area contributed by atoms with Gasteiger partial charge in [-0.05, 0) is 12.8 Å². The molecule has 1 saturated carbocycles. The van der Waals surface area contributed by atoms with E-state index in [-0.39, 0.29) is 6.54 Å². The van der Waals surface area contributed by atoms with E-state index in [0.717, 1.165) is 12.8 Å². The van der Waals surface area contributed by atoms with E-state index in [9.17, 15) is 14.7 Å². The molecule has 0 bridgehead atoms. The quantitative estimate of drug-likeness (QED) is 0.716. The Kier molecular flexibility index (Phi) is 3.51. The first kappa shape index (κ1) is 12.2. The number of aliphatic carboxylic acids is 1. The minimum Gasteiger partial charge on any atom is -0.480 e. The molecule has 2 aliphatic rings. The third-order valence-corrected chi connectivity index (χ3v) is 3.81. The van der Waals surface area contributed by atoms with Gasteiger partial charge in [0.1, 0.15) is 6.04 Å². The van der Waals surface area contributed by atoms with E-state index in [0.29, 0.717) is 19.1 Å². The molecule has 0 radical (unpaired) electrons. The van der Waals surface area contributed by atoms with Crippen LogP contribution in [0.25, 0.3) is 0 Å². The maximum absolute atomic E-state index is 11.3. The molecule has 0 spiro atoms. The minimum atomic E-state index is -0.858. The Balaban J connectivity index is 2.06. The normalized spacial score (nSPS) is 27.3. The number of nitrogens with zero attached hydrogens (tertiary/aromatic N) is 2. The first-order valence-corrected chi connectivity index (χ1v) is 6.12. The van der Waals surface area contributed by atoms with Gasteiger partial charge >= 0.3 is 12.0 Å². The van der Waals surface area contributed by atoms with Crippen molar-refractivity contribution in [2.24, 2.45) is 5.73 Å². The number of amides is 2. The summed E-state index contributed by atoms with van der Waals surface area (Å²) < 4.78 is 0. The molecule has 0 aromatic rings. The number of carboxylic acids is 1. The van der Waals surface area contributed by atoms with Gasteiger partial charge in [-0.1, -0.05) is 12.8 Å². The topological polar surface area (TPSA) is 86.9 Å². The number of piperazine rings is 1. The summed E-state index contributed by atoms with van der Waals surface area (Å²) in [5, 5.41) is 9.25. The lowest BCUT2D eigenvalue weighted by molar-refractivity contribution is -0.146. The largest absolute Gasteiger partial charge is 0.480 e. The summed E-state index contributed by atoms with van der Waals surface area (Å²) in [5.74, 6) is -0.858. The highest BCUT2D eigenvalue weighted by Crippen LogP contribution is 2.26. The van der Waals surface area contributed by atoms with E-state index in [1.54, 1.807) is 0 Å². The molecule has 6 nitrogen and oxygen atoms in total. The van der Waals surface area contributed by atoms with E-state index in [1.807, 2.05) is 4.90 Å². The molecule has 0 aromatic heterocycles. The molecule has 1 heterocycles. The van der Waals surface area contributed by atoms with Crippen molar-refractivity contribution >= 4 is 12.0 Å². The molecule has 1 aliphatic carbocycles. The summed E-state index contributed by atoms with van der Waals surface area (Å²) in [4.78, 5) is 25.8. The first-order valence-electron chi connectivity index (χ1n) is 6.12. The predicted molar refractivity (Wildman–Crippen MR) is 61.5 cm³/mol. The zero-order chi connectivity index (χ0) is 12.4. The smallest absolute Gasteiger partial charge is 0.322 e. The third-order valence-electron chi connectivity index (χ3n) is 3.81. The maximum atomic E-state index is 11.3. The van der Waals surface area contributed by atoms with Gasteiger partial charge in [0.05, 0.1) is 0 Å². The Hall–Kier alpha value is -1.30. The van der Waals surface area contributed by atoms with Gasteiger partial charge in [-0.3, -0.25) is 9.69 Å². The summed E-state index contributed by atoms with van der Waals surface area (Å²) in [7, 11) is 0. The van der Waals surface area contributed by atoms with Crippen LogP contribution in [-0.2, 0) is 4.79 Å². The van der Waals surface area contributed by atoms with E-state index >= 15 is 0 Å². The number of urea groups is 1. The van der Waals surface area contributed by atoms with Gasteiger partial charge in [-0.15, -0.1) is 0 Å². The number of carbonyl (C=O) groups is 2. The molecule has 1 atom stereocenters. The van der Waals surface area contributed by atoms with Crippen molar-refractivity contribution in [2.45, 2.75) is 37.8 Å². The van der Waals surface area contributed by atoms with Crippen LogP contribution in [0.15, 0.2) is 0 Å². The van der Waals surface area contributed by atoms with Crippen molar-refractivity contribution in [3.05, 3.63) is 0 Å². The fourth-order valence-electron chi connectivity index (χ4n) is 2.89. The SMILES string of the molecule is NC(=O)N1CCN(C2CCCC2)C(C(=O)O)C1. The number of rotatable bonds is 2. The zero-order valence-corrected chi connectivity index (χ0v) is 9.84. The van der Waals surface area contributed by atoms with Crippen molar-refractivity contribution in [1.82, 2.24) is 9.80 Å². The summed E-state index contributed by atoms with van der Waals surface area (Å²) >= 11 is 0. The molecule has 96 valence electrons. The fourth-order valence-corrected chi connectivity index (χ4v) is 2.89. The Morgan fingerprint density at radius 2 is 1.82 bits per heavy atom. The Labute approximate surface area is 100 Å². The second-order valence-electron chi connectivity index (χ2n) is 4.81. The number of hydrogen-bond donors (Lipinski definition) is 2. The van der Waals surface area contributed by atoms with Gasteiger partial charge in [0.2, 0.25) is 0 Å². The molecule has 6 heteroatoms. The first-order chi connectivity index (χ1) is 8.09. The van der Waals surface area contributed by atoms with Crippen molar-refractivity contribution in [1.29, 1.82) is 0 Å². The molecule has 2 rings (SSSR count). The summed E-state index contributed by atoms with van der Waals surface area (Å²) in [5.41, 5.74) is 5.20. The molecule has 3 N–H and O–H groups in total. The van der Waals surface area contributed by atoms with Gasteiger partial charge in [-0.2, -0.15) is 0 Å². The van der Waals surface area contributed by atoms with Crippen LogP contribution in [0.5, 0.6) is 0 Å². The van der Waals surface area contributed by atoms with Crippen LogP contribution in [0.2, 0.25) is 0 Å². The minimum absolute atomic E-state index is 0.209. The average molecular weight is 241 g/mol. The maximum Gasteiger partial charge on any atom is 0.322 e. The number of hydrogen-bond acceptors (Lipinski definition) is 3.